The largest absolute Gasteiger partial charge is 0.454 e. The summed E-state index contributed by atoms with van der Waals surface area (Å²) in [6.07, 6.45) is 4.55. The first-order valence-electron chi connectivity index (χ1n) is 11.5. The van der Waals surface area contributed by atoms with Gasteiger partial charge in [-0.3, -0.25) is 4.79 Å². The molecule has 4 rings (SSSR count). The Labute approximate surface area is 192 Å². The molecule has 0 saturated heterocycles. The molecule has 0 radical (unpaired) electrons. The summed E-state index contributed by atoms with van der Waals surface area (Å²) in [5.41, 5.74) is 1.28. The van der Waals surface area contributed by atoms with Gasteiger partial charge in [-0.15, -0.1) is 0 Å². The normalized spacial score (nSPS) is 17.5. The molecular weight excluding hydrogens is 430 g/mol. The maximum atomic E-state index is 13.7. The first-order valence-corrected chi connectivity index (χ1v) is 11.5. The molecule has 1 amide bonds. The van der Waals surface area contributed by atoms with Gasteiger partial charge < -0.3 is 24.8 Å². The van der Waals surface area contributed by atoms with Gasteiger partial charge >= 0.3 is 0 Å². The lowest BCUT2D eigenvalue weighted by molar-refractivity contribution is -0.120. The Morgan fingerprint density at radius 3 is 2.48 bits per heavy atom. The average molecular weight is 461 g/mol. The van der Waals surface area contributed by atoms with E-state index in [0.29, 0.717) is 17.1 Å². The van der Waals surface area contributed by atoms with Crippen LogP contribution in [-0.4, -0.2) is 42.5 Å². The van der Waals surface area contributed by atoms with Crippen molar-refractivity contribution in [1.29, 1.82) is 0 Å². The first kappa shape index (κ1) is 23.3. The SMILES string of the molecule is CC(=O)NC(Cc1cc(F)cc(F)c1)C(O)CN(c1ccc2c(c1)OCO2)C1CCCCC1. The van der Waals surface area contributed by atoms with E-state index in [0.717, 1.165) is 37.4 Å². The predicted molar refractivity (Wildman–Crippen MR) is 120 cm³/mol. The minimum atomic E-state index is -0.965. The minimum Gasteiger partial charge on any atom is -0.454 e. The molecule has 33 heavy (non-hydrogen) atoms. The number of nitrogens with one attached hydrogen (secondary N) is 1. The highest BCUT2D eigenvalue weighted by molar-refractivity contribution is 5.73. The van der Waals surface area contributed by atoms with Gasteiger partial charge in [0.25, 0.3) is 0 Å². The molecule has 2 N–H and O–H groups in total. The summed E-state index contributed by atoms with van der Waals surface area (Å²) >= 11 is 0. The molecule has 2 aromatic rings. The maximum absolute atomic E-state index is 13.7. The van der Waals surface area contributed by atoms with E-state index in [4.69, 9.17) is 9.47 Å². The van der Waals surface area contributed by atoms with Crippen molar-refractivity contribution >= 4 is 11.6 Å². The van der Waals surface area contributed by atoms with Crippen LogP contribution in [0.2, 0.25) is 0 Å². The number of fused-ring (bicyclic) bond motifs is 1. The lowest BCUT2D eigenvalue weighted by Crippen LogP contribution is -2.51. The number of benzene rings is 2. The number of aliphatic hydroxyl groups is 1. The summed E-state index contributed by atoms with van der Waals surface area (Å²) in [7, 11) is 0. The van der Waals surface area contributed by atoms with E-state index in [2.05, 4.69) is 10.2 Å². The van der Waals surface area contributed by atoms with Crippen molar-refractivity contribution in [3.05, 3.63) is 53.6 Å². The summed E-state index contributed by atoms with van der Waals surface area (Å²) < 4.78 is 38.4. The second kappa shape index (κ2) is 10.4. The van der Waals surface area contributed by atoms with Gasteiger partial charge in [0, 0.05) is 37.3 Å². The van der Waals surface area contributed by atoms with Crippen LogP contribution in [0.4, 0.5) is 14.5 Å². The summed E-state index contributed by atoms with van der Waals surface area (Å²) in [5.74, 6) is -0.345. The lowest BCUT2D eigenvalue weighted by atomic mass is 9.92. The van der Waals surface area contributed by atoms with E-state index in [-0.39, 0.29) is 31.7 Å². The number of anilines is 1. The van der Waals surface area contributed by atoms with Crippen molar-refractivity contribution in [3.63, 3.8) is 0 Å². The van der Waals surface area contributed by atoms with Crippen LogP contribution < -0.4 is 19.7 Å². The summed E-state index contributed by atoms with van der Waals surface area (Å²) in [5, 5.41) is 14.0. The predicted octanol–water partition coefficient (Wildman–Crippen LogP) is 3.94. The van der Waals surface area contributed by atoms with E-state index in [1.807, 2.05) is 18.2 Å². The lowest BCUT2D eigenvalue weighted by Gasteiger charge is -2.39. The molecule has 6 nitrogen and oxygen atoms in total. The van der Waals surface area contributed by atoms with E-state index in [1.54, 1.807) is 0 Å². The number of nitrogens with zero attached hydrogens (tertiary/aromatic N) is 1. The average Bonchev–Trinajstić information content (AvgIpc) is 3.24. The third-order valence-corrected chi connectivity index (χ3v) is 6.32. The number of carbonyl (C=O) groups excluding carboxylic acids is 1. The third-order valence-electron chi connectivity index (χ3n) is 6.32. The number of hydrogen-bond donors (Lipinski definition) is 2. The first-order chi connectivity index (χ1) is 15.9. The van der Waals surface area contributed by atoms with Crippen molar-refractivity contribution in [2.45, 2.75) is 63.6 Å². The Hall–Kier alpha value is -2.87. The zero-order valence-corrected chi connectivity index (χ0v) is 18.7. The fraction of sp³-hybridized carbons (Fsp3) is 0.480. The zero-order valence-electron chi connectivity index (χ0n) is 18.7. The molecular formula is C25H30F2N2O4. The third kappa shape index (κ3) is 5.93. The molecule has 8 heteroatoms. The Kier molecular flexibility index (Phi) is 7.33. The van der Waals surface area contributed by atoms with Crippen LogP contribution in [0.15, 0.2) is 36.4 Å². The molecule has 1 heterocycles. The van der Waals surface area contributed by atoms with Crippen molar-refractivity contribution in [2.24, 2.45) is 0 Å². The minimum absolute atomic E-state index is 0.106. The Morgan fingerprint density at radius 1 is 1.09 bits per heavy atom. The van der Waals surface area contributed by atoms with Gasteiger partial charge in [-0.05, 0) is 49.1 Å². The fourth-order valence-corrected chi connectivity index (χ4v) is 4.78. The molecule has 2 aromatic carbocycles. The molecule has 0 aromatic heterocycles. The van der Waals surface area contributed by atoms with Crippen LogP contribution in [0.1, 0.15) is 44.6 Å². The monoisotopic (exact) mass is 460 g/mol. The molecule has 0 bridgehead atoms. The highest BCUT2D eigenvalue weighted by Crippen LogP contribution is 2.37. The number of rotatable bonds is 8. The van der Waals surface area contributed by atoms with Crippen LogP contribution in [-0.2, 0) is 11.2 Å². The van der Waals surface area contributed by atoms with E-state index < -0.39 is 23.8 Å². The molecule has 0 spiro atoms. The fourth-order valence-electron chi connectivity index (χ4n) is 4.78. The van der Waals surface area contributed by atoms with Gasteiger partial charge in [0.05, 0.1) is 12.1 Å². The van der Waals surface area contributed by atoms with Crippen LogP contribution in [0.25, 0.3) is 0 Å². The van der Waals surface area contributed by atoms with E-state index >= 15 is 0 Å². The van der Waals surface area contributed by atoms with Crippen LogP contribution in [0.3, 0.4) is 0 Å². The number of hydrogen-bond acceptors (Lipinski definition) is 5. The standard InChI is InChI=1S/C25H30F2N2O4/c1-16(30)28-22(11-17-9-18(26)12-19(27)10-17)23(31)14-29(20-5-3-2-4-6-20)21-7-8-24-25(13-21)33-15-32-24/h7-10,12-13,20,22-23,31H,2-6,11,14-15H2,1H3,(H,28,30). The van der Waals surface area contributed by atoms with Crippen LogP contribution in [0.5, 0.6) is 11.5 Å². The van der Waals surface area contributed by atoms with Gasteiger partial charge in [0.15, 0.2) is 11.5 Å². The quantitative estimate of drug-likeness (QED) is 0.625. The molecule has 1 aliphatic carbocycles. The smallest absolute Gasteiger partial charge is 0.231 e. The van der Waals surface area contributed by atoms with Gasteiger partial charge in [-0.1, -0.05) is 19.3 Å². The molecule has 1 aliphatic heterocycles. The number of halogens is 2. The molecule has 2 atom stereocenters. The molecule has 1 fully saturated rings. The van der Waals surface area contributed by atoms with Crippen LogP contribution >= 0.6 is 0 Å². The summed E-state index contributed by atoms with van der Waals surface area (Å²) in [6.45, 7) is 1.80. The van der Waals surface area contributed by atoms with Crippen LogP contribution in [0, 0.1) is 11.6 Å². The Balaban J connectivity index is 1.57. The number of ether oxygens (including phenoxy) is 2. The highest BCUT2D eigenvalue weighted by Gasteiger charge is 2.29. The second-order valence-electron chi connectivity index (χ2n) is 8.84. The summed E-state index contributed by atoms with van der Waals surface area (Å²) in [4.78, 5) is 14.0. The molecule has 2 aliphatic rings. The van der Waals surface area contributed by atoms with E-state index in [9.17, 15) is 18.7 Å². The maximum Gasteiger partial charge on any atom is 0.231 e. The van der Waals surface area contributed by atoms with Gasteiger partial charge in [-0.2, -0.15) is 0 Å². The van der Waals surface area contributed by atoms with Crippen molar-refractivity contribution in [2.75, 3.05) is 18.2 Å². The molecule has 2 unspecified atom stereocenters. The molecule has 1 saturated carbocycles. The Bertz CT molecular complexity index is 961. The highest BCUT2D eigenvalue weighted by atomic mass is 19.1. The van der Waals surface area contributed by atoms with Crippen molar-refractivity contribution in [1.82, 2.24) is 5.32 Å². The molecule has 178 valence electrons. The van der Waals surface area contributed by atoms with Gasteiger partial charge in [0.2, 0.25) is 12.7 Å². The van der Waals surface area contributed by atoms with Crippen molar-refractivity contribution in [3.8, 4) is 11.5 Å². The summed E-state index contributed by atoms with van der Waals surface area (Å²) in [6, 6.07) is 8.51. The van der Waals surface area contributed by atoms with Gasteiger partial charge in [-0.25, -0.2) is 8.78 Å². The number of amides is 1. The number of aliphatic hydroxyl groups excluding tert-OH is 1. The topological polar surface area (TPSA) is 71.0 Å². The van der Waals surface area contributed by atoms with Crippen molar-refractivity contribution < 1.29 is 28.2 Å². The number of carbonyl (C=O) groups is 1. The Morgan fingerprint density at radius 2 is 1.79 bits per heavy atom. The zero-order chi connectivity index (χ0) is 23.4. The van der Waals surface area contributed by atoms with E-state index in [1.165, 1.54) is 25.5 Å². The van der Waals surface area contributed by atoms with Gasteiger partial charge in [0.1, 0.15) is 11.6 Å². The second-order valence-corrected chi connectivity index (χ2v) is 8.84.